The fraction of sp³-hybridized carbons (Fsp3) is 0.234. The maximum absolute atomic E-state index is 6.40. The van der Waals surface area contributed by atoms with Crippen molar-refractivity contribution in [3.8, 4) is 39.5 Å². The number of hydrogen-bond donors (Lipinski definition) is 0. The lowest BCUT2D eigenvalue weighted by Crippen LogP contribution is -2.29. The maximum Gasteiger partial charge on any atom is 0.127 e. The molecule has 49 heavy (non-hydrogen) atoms. The lowest BCUT2D eigenvalue weighted by Gasteiger charge is -2.34. The lowest BCUT2D eigenvalue weighted by molar-refractivity contribution is 0.105. The standard InChI is InChI=1S/C47H46O2/c1-7-45(3,4)35-21-17-33(18-22-35)34-19-27-38(28-20-34)48-39-29-23-36(24-30-39)47(37-25-31-40(32-26-37)49-46(5,6)8-2)43-15-11-9-13-41(43)42-14-10-12-16-44(42)47/h9-32H,7-8H2,1-6H3. The fourth-order valence-electron chi connectivity index (χ4n) is 7.13. The Morgan fingerprint density at radius 2 is 0.898 bits per heavy atom. The first-order chi connectivity index (χ1) is 23.6. The van der Waals surface area contributed by atoms with Crippen LogP contribution in [0.3, 0.4) is 0 Å². The molecular formula is C47H46O2. The van der Waals surface area contributed by atoms with E-state index in [1.165, 1.54) is 50.1 Å². The van der Waals surface area contributed by atoms with Crippen molar-refractivity contribution in [2.45, 2.75) is 70.8 Å². The topological polar surface area (TPSA) is 18.5 Å². The van der Waals surface area contributed by atoms with Gasteiger partial charge in [0.1, 0.15) is 22.8 Å². The van der Waals surface area contributed by atoms with E-state index >= 15 is 0 Å². The highest BCUT2D eigenvalue weighted by Crippen LogP contribution is 2.56. The van der Waals surface area contributed by atoms with Gasteiger partial charge in [-0.25, -0.2) is 0 Å². The van der Waals surface area contributed by atoms with Gasteiger partial charge in [0, 0.05) is 0 Å². The van der Waals surface area contributed by atoms with E-state index in [1.54, 1.807) is 0 Å². The van der Waals surface area contributed by atoms with Crippen molar-refractivity contribution >= 4 is 0 Å². The maximum atomic E-state index is 6.40. The van der Waals surface area contributed by atoms with Gasteiger partial charge in [0.05, 0.1) is 5.41 Å². The quantitative estimate of drug-likeness (QED) is 0.148. The van der Waals surface area contributed by atoms with Crippen LogP contribution in [-0.2, 0) is 10.8 Å². The minimum Gasteiger partial charge on any atom is -0.488 e. The lowest BCUT2D eigenvalue weighted by atomic mass is 9.68. The highest BCUT2D eigenvalue weighted by Gasteiger charge is 2.45. The van der Waals surface area contributed by atoms with E-state index in [1.807, 2.05) is 0 Å². The summed E-state index contributed by atoms with van der Waals surface area (Å²) in [6.45, 7) is 13.3. The third-order valence-electron chi connectivity index (χ3n) is 10.7. The summed E-state index contributed by atoms with van der Waals surface area (Å²) in [6, 6.07) is 52.4. The van der Waals surface area contributed by atoms with Gasteiger partial charge in [-0.3, -0.25) is 0 Å². The van der Waals surface area contributed by atoms with Gasteiger partial charge in [-0.15, -0.1) is 0 Å². The molecule has 0 atom stereocenters. The van der Waals surface area contributed by atoms with Gasteiger partial charge in [-0.1, -0.05) is 137 Å². The average molecular weight is 643 g/mol. The van der Waals surface area contributed by atoms with Crippen molar-refractivity contribution in [1.29, 1.82) is 0 Å². The van der Waals surface area contributed by atoms with E-state index in [0.29, 0.717) is 0 Å². The molecule has 246 valence electrons. The number of rotatable bonds is 10. The first-order valence-corrected chi connectivity index (χ1v) is 17.6. The summed E-state index contributed by atoms with van der Waals surface area (Å²) in [6.07, 6.45) is 2.05. The van der Waals surface area contributed by atoms with Crippen molar-refractivity contribution in [3.63, 3.8) is 0 Å². The molecule has 0 unspecified atom stereocenters. The molecule has 0 saturated carbocycles. The normalized spacial score (nSPS) is 13.4. The van der Waals surface area contributed by atoms with Crippen LogP contribution in [0.5, 0.6) is 17.2 Å². The van der Waals surface area contributed by atoms with E-state index < -0.39 is 5.41 Å². The molecule has 0 fully saturated rings. The zero-order valence-electron chi connectivity index (χ0n) is 29.6. The van der Waals surface area contributed by atoms with Gasteiger partial charge in [0.2, 0.25) is 0 Å². The highest BCUT2D eigenvalue weighted by molar-refractivity contribution is 5.86. The van der Waals surface area contributed by atoms with Crippen molar-refractivity contribution in [3.05, 3.63) is 173 Å². The summed E-state index contributed by atoms with van der Waals surface area (Å²) in [5, 5.41) is 0. The van der Waals surface area contributed by atoms with E-state index in [4.69, 9.17) is 9.47 Å². The molecule has 0 bridgehead atoms. The Kier molecular flexibility index (Phi) is 8.45. The molecule has 1 aliphatic carbocycles. The molecule has 6 aromatic carbocycles. The van der Waals surface area contributed by atoms with Gasteiger partial charge < -0.3 is 9.47 Å². The Hall–Kier alpha value is -5.08. The minimum atomic E-state index is -0.478. The molecule has 0 amide bonds. The SMILES string of the molecule is CCC(C)(C)Oc1ccc(C2(c3ccc(Oc4ccc(-c5ccc(C(C)(C)CC)cc5)cc4)cc3)c3ccccc3-c3ccccc32)cc1. The van der Waals surface area contributed by atoms with Crippen molar-refractivity contribution in [2.24, 2.45) is 0 Å². The number of ether oxygens (including phenoxy) is 2. The average Bonchev–Trinajstić information content (AvgIpc) is 3.44. The molecule has 2 nitrogen and oxygen atoms in total. The van der Waals surface area contributed by atoms with Crippen LogP contribution < -0.4 is 9.47 Å². The molecule has 7 rings (SSSR count). The third-order valence-corrected chi connectivity index (χ3v) is 10.7. The van der Waals surface area contributed by atoms with Crippen molar-refractivity contribution < 1.29 is 9.47 Å². The summed E-state index contributed by atoms with van der Waals surface area (Å²) in [5.41, 5.74) is 10.8. The Balaban J connectivity index is 1.21. The highest BCUT2D eigenvalue weighted by atomic mass is 16.5. The summed E-state index contributed by atoms with van der Waals surface area (Å²) in [7, 11) is 0. The molecule has 0 radical (unpaired) electrons. The molecule has 6 aromatic rings. The number of fused-ring (bicyclic) bond motifs is 3. The Morgan fingerprint density at radius 3 is 1.37 bits per heavy atom. The zero-order chi connectivity index (χ0) is 34.2. The summed E-state index contributed by atoms with van der Waals surface area (Å²) >= 11 is 0. The summed E-state index contributed by atoms with van der Waals surface area (Å²) < 4.78 is 12.8. The van der Waals surface area contributed by atoms with E-state index in [0.717, 1.165) is 30.1 Å². The Labute approximate surface area is 292 Å². The minimum absolute atomic E-state index is 0.182. The van der Waals surface area contributed by atoms with Crippen LogP contribution >= 0.6 is 0 Å². The largest absolute Gasteiger partial charge is 0.488 e. The second-order valence-electron chi connectivity index (χ2n) is 14.5. The van der Waals surface area contributed by atoms with Crippen molar-refractivity contribution in [2.75, 3.05) is 0 Å². The van der Waals surface area contributed by atoms with Gasteiger partial charge in [0.25, 0.3) is 0 Å². The van der Waals surface area contributed by atoms with Crippen molar-refractivity contribution in [1.82, 2.24) is 0 Å². The Bertz CT molecular complexity index is 2000. The van der Waals surface area contributed by atoms with Gasteiger partial charge in [-0.2, -0.15) is 0 Å². The van der Waals surface area contributed by atoms with Crippen LogP contribution in [0, 0.1) is 0 Å². The van der Waals surface area contributed by atoms with E-state index in [9.17, 15) is 0 Å². The van der Waals surface area contributed by atoms with E-state index in [2.05, 4.69) is 187 Å². The molecule has 0 saturated heterocycles. The first-order valence-electron chi connectivity index (χ1n) is 17.6. The predicted octanol–water partition coefficient (Wildman–Crippen LogP) is 12.8. The predicted molar refractivity (Wildman–Crippen MR) is 204 cm³/mol. The summed E-state index contributed by atoms with van der Waals surface area (Å²) in [4.78, 5) is 0. The monoisotopic (exact) mass is 642 g/mol. The second-order valence-corrected chi connectivity index (χ2v) is 14.5. The molecule has 2 heteroatoms. The molecule has 0 aliphatic heterocycles. The van der Waals surface area contributed by atoms with Crippen LogP contribution in [0.4, 0.5) is 0 Å². The molecule has 1 aliphatic rings. The van der Waals surface area contributed by atoms with Crippen LogP contribution in [-0.4, -0.2) is 5.60 Å². The molecule has 0 N–H and O–H groups in total. The van der Waals surface area contributed by atoms with Gasteiger partial charge in [0.15, 0.2) is 0 Å². The second kappa shape index (κ2) is 12.7. The van der Waals surface area contributed by atoms with Crippen LogP contribution in [0.25, 0.3) is 22.3 Å². The summed E-state index contributed by atoms with van der Waals surface area (Å²) in [5.74, 6) is 2.51. The molecule has 0 aromatic heterocycles. The fourth-order valence-corrected chi connectivity index (χ4v) is 7.13. The van der Waals surface area contributed by atoms with Gasteiger partial charge >= 0.3 is 0 Å². The molecule has 0 heterocycles. The molecule has 0 spiro atoms. The molecular weight excluding hydrogens is 597 g/mol. The smallest absolute Gasteiger partial charge is 0.127 e. The zero-order valence-corrected chi connectivity index (χ0v) is 29.6. The van der Waals surface area contributed by atoms with Gasteiger partial charge in [-0.05, 0) is 119 Å². The van der Waals surface area contributed by atoms with E-state index in [-0.39, 0.29) is 11.0 Å². The van der Waals surface area contributed by atoms with Crippen LogP contribution in [0.2, 0.25) is 0 Å². The third kappa shape index (κ3) is 5.95. The Morgan fingerprint density at radius 1 is 0.469 bits per heavy atom. The van der Waals surface area contributed by atoms with Crippen LogP contribution in [0.15, 0.2) is 146 Å². The number of benzene rings is 6. The first kappa shape index (κ1) is 32.5. The van der Waals surface area contributed by atoms with Crippen LogP contribution in [0.1, 0.15) is 82.2 Å². The number of hydrogen-bond acceptors (Lipinski definition) is 2.